The van der Waals surface area contributed by atoms with E-state index in [1.165, 1.54) is 19.2 Å². The van der Waals surface area contributed by atoms with Crippen LogP contribution in [0.2, 0.25) is 0 Å². The topological polar surface area (TPSA) is 123 Å². The molecule has 1 rings (SSSR count). The number of nitrogens with zero attached hydrogens (tertiary/aromatic N) is 2. The predicted octanol–water partition coefficient (Wildman–Crippen LogP) is 1.55. The Labute approximate surface area is 133 Å². The summed E-state index contributed by atoms with van der Waals surface area (Å²) in [5.74, 6) is -0.544. The number of nitro groups is 1. The summed E-state index contributed by atoms with van der Waals surface area (Å²) in [5.41, 5.74) is -0.597. The Morgan fingerprint density at radius 1 is 1.30 bits per heavy atom. The predicted molar refractivity (Wildman–Crippen MR) is 82.2 cm³/mol. The molecule has 0 radical (unpaired) electrons. The molecule has 0 saturated carbocycles. The molecule has 1 aromatic heterocycles. The average Bonchev–Trinajstić information content (AvgIpc) is 2.41. The molecule has 23 heavy (non-hydrogen) atoms. The number of nitrogens with one attached hydrogen (secondary N) is 2. The van der Waals surface area contributed by atoms with Crippen LogP contribution in [-0.2, 0) is 4.74 Å². The SMILES string of the molecule is Cc1c([N+](=O)[O-])ccnc1C(=O)NCCNC(=O)OC(C)(C)C. The third-order valence-electron chi connectivity index (χ3n) is 2.67. The number of hydrogen-bond donors (Lipinski definition) is 2. The summed E-state index contributed by atoms with van der Waals surface area (Å²) in [6.07, 6.45) is 0.621. The number of carbonyl (C=O) groups is 2. The second-order valence-corrected chi connectivity index (χ2v) is 5.75. The molecule has 9 heteroatoms. The summed E-state index contributed by atoms with van der Waals surface area (Å²) < 4.78 is 5.04. The molecule has 0 aliphatic rings. The van der Waals surface area contributed by atoms with Gasteiger partial charge in [-0.3, -0.25) is 19.9 Å². The van der Waals surface area contributed by atoms with E-state index in [-0.39, 0.29) is 30.0 Å². The second-order valence-electron chi connectivity index (χ2n) is 5.75. The third-order valence-corrected chi connectivity index (χ3v) is 2.67. The van der Waals surface area contributed by atoms with Gasteiger partial charge >= 0.3 is 6.09 Å². The van der Waals surface area contributed by atoms with Crippen LogP contribution in [0.4, 0.5) is 10.5 Å². The van der Waals surface area contributed by atoms with Crippen LogP contribution in [0.25, 0.3) is 0 Å². The zero-order chi connectivity index (χ0) is 17.6. The Kier molecular flexibility index (Phi) is 6.00. The average molecular weight is 324 g/mol. The molecule has 0 aliphatic heterocycles. The summed E-state index contributed by atoms with van der Waals surface area (Å²) in [5, 5.41) is 15.8. The zero-order valence-corrected chi connectivity index (χ0v) is 13.5. The molecule has 0 spiro atoms. The minimum absolute atomic E-state index is 0.0172. The van der Waals surface area contributed by atoms with Gasteiger partial charge in [-0.15, -0.1) is 0 Å². The molecule has 1 aromatic rings. The van der Waals surface area contributed by atoms with E-state index in [1.54, 1.807) is 20.8 Å². The number of pyridine rings is 1. The molecule has 0 fully saturated rings. The van der Waals surface area contributed by atoms with E-state index >= 15 is 0 Å². The van der Waals surface area contributed by atoms with Gasteiger partial charge in [-0.2, -0.15) is 0 Å². The number of alkyl carbamates (subject to hydrolysis) is 1. The van der Waals surface area contributed by atoms with Gasteiger partial charge in [0.2, 0.25) is 0 Å². The standard InChI is InChI=1S/C14H20N4O5/c1-9-10(18(21)22)5-6-15-11(9)12(19)16-7-8-17-13(20)23-14(2,3)4/h5-6H,7-8H2,1-4H3,(H,16,19)(H,17,20). The Morgan fingerprint density at radius 2 is 1.91 bits per heavy atom. The van der Waals surface area contributed by atoms with E-state index in [2.05, 4.69) is 15.6 Å². The van der Waals surface area contributed by atoms with Crippen molar-refractivity contribution in [1.82, 2.24) is 15.6 Å². The highest BCUT2D eigenvalue weighted by atomic mass is 16.6. The number of aromatic nitrogens is 1. The molecule has 126 valence electrons. The first-order chi connectivity index (χ1) is 10.6. The van der Waals surface area contributed by atoms with E-state index in [9.17, 15) is 19.7 Å². The Morgan fingerprint density at radius 3 is 2.48 bits per heavy atom. The maximum absolute atomic E-state index is 12.0. The molecule has 0 saturated heterocycles. The minimum atomic E-state index is -0.600. The van der Waals surface area contributed by atoms with Crippen molar-refractivity contribution in [3.05, 3.63) is 33.6 Å². The van der Waals surface area contributed by atoms with E-state index in [4.69, 9.17) is 4.74 Å². The molecule has 0 bridgehead atoms. The van der Waals surface area contributed by atoms with Crippen LogP contribution in [-0.4, -0.2) is 40.6 Å². The van der Waals surface area contributed by atoms with Gasteiger partial charge < -0.3 is 15.4 Å². The van der Waals surface area contributed by atoms with E-state index in [0.29, 0.717) is 0 Å². The number of ether oxygens (including phenoxy) is 1. The lowest BCUT2D eigenvalue weighted by atomic mass is 10.1. The van der Waals surface area contributed by atoms with Crippen LogP contribution in [0.5, 0.6) is 0 Å². The van der Waals surface area contributed by atoms with Gasteiger partial charge in [-0.1, -0.05) is 0 Å². The fourth-order valence-corrected chi connectivity index (χ4v) is 1.69. The lowest BCUT2D eigenvalue weighted by molar-refractivity contribution is -0.385. The molecule has 2 amide bonds. The summed E-state index contributed by atoms with van der Waals surface area (Å²) in [7, 11) is 0. The summed E-state index contributed by atoms with van der Waals surface area (Å²) in [6.45, 7) is 6.98. The van der Waals surface area contributed by atoms with Crippen LogP contribution in [0.3, 0.4) is 0 Å². The molecule has 0 aromatic carbocycles. The molecular weight excluding hydrogens is 304 g/mol. The molecule has 0 atom stereocenters. The summed E-state index contributed by atoms with van der Waals surface area (Å²) in [6, 6.07) is 1.23. The zero-order valence-electron chi connectivity index (χ0n) is 13.5. The lowest BCUT2D eigenvalue weighted by Crippen LogP contribution is -2.38. The van der Waals surface area contributed by atoms with Crippen molar-refractivity contribution in [2.24, 2.45) is 0 Å². The van der Waals surface area contributed by atoms with Crippen molar-refractivity contribution in [2.75, 3.05) is 13.1 Å². The van der Waals surface area contributed by atoms with Crippen LogP contribution in [0.1, 0.15) is 36.8 Å². The van der Waals surface area contributed by atoms with Crippen molar-refractivity contribution < 1.29 is 19.2 Å². The van der Waals surface area contributed by atoms with E-state index in [1.807, 2.05) is 0 Å². The molecular formula is C14H20N4O5. The quantitative estimate of drug-likeness (QED) is 0.481. The number of amides is 2. The highest BCUT2D eigenvalue weighted by Gasteiger charge is 2.19. The number of hydrogen-bond acceptors (Lipinski definition) is 6. The maximum atomic E-state index is 12.0. The van der Waals surface area contributed by atoms with Crippen LogP contribution in [0, 0.1) is 17.0 Å². The first-order valence-corrected chi connectivity index (χ1v) is 6.97. The van der Waals surface area contributed by atoms with Crippen LogP contribution >= 0.6 is 0 Å². The smallest absolute Gasteiger partial charge is 0.407 e. The van der Waals surface area contributed by atoms with Crippen LogP contribution in [0.15, 0.2) is 12.3 Å². The van der Waals surface area contributed by atoms with Gasteiger partial charge in [-0.05, 0) is 27.7 Å². The molecule has 2 N–H and O–H groups in total. The maximum Gasteiger partial charge on any atom is 0.407 e. The van der Waals surface area contributed by atoms with Gasteiger partial charge in [0.25, 0.3) is 11.6 Å². The normalized spacial score (nSPS) is 10.8. The number of carbonyl (C=O) groups excluding carboxylic acids is 2. The highest BCUT2D eigenvalue weighted by Crippen LogP contribution is 2.18. The van der Waals surface area contributed by atoms with E-state index in [0.717, 1.165) is 0 Å². The highest BCUT2D eigenvalue weighted by molar-refractivity contribution is 5.94. The second kappa shape index (κ2) is 7.52. The monoisotopic (exact) mass is 324 g/mol. The van der Waals surface area contributed by atoms with Gasteiger partial charge in [-0.25, -0.2) is 4.79 Å². The minimum Gasteiger partial charge on any atom is -0.444 e. The van der Waals surface area contributed by atoms with Gasteiger partial charge in [0, 0.05) is 25.4 Å². The molecule has 0 aliphatic carbocycles. The van der Waals surface area contributed by atoms with Gasteiger partial charge in [0.05, 0.1) is 10.5 Å². The van der Waals surface area contributed by atoms with Crippen molar-refractivity contribution in [3.8, 4) is 0 Å². The van der Waals surface area contributed by atoms with E-state index < -0.39 is 22.5 Å². The van der Waals surface area contributed by atoms with Gasteiger partial charge in [0.15, 0.2) is 0 Å². The molecule has 0 unspecified atom stereocenters. The fourth-order valence-electron chi connectivity index (χ4n) is 1.69. The van der Waals surface area contributed by atoms with Crippen molar-refractivity contribution in [1.29, 1.82) is 0 Å². The number of rotatable bonds is 5. The Balaban J connectivity index is 2.51. The Hall–Kier alpha value is -2.71. The first kappa shape index (κ1) is 18.3. The van der Waals surface area contributed by atoms with Crippen LogP contribution < -0.4 is 10.6 Å². The van der Waals surface area contributed by atoms with Crippen molar-refractivity contribution in [3.63, 3.8) is 0 Å². The summed E-state index contributed by atoms with van der Waals surface area (Å²) >= 11 is 0. The Bertz CT molecular complexity index is 610. The third kappa shape index (κ3) is 5.89. The van der Waals surface area contributed by atoms with Crippen molar-refractivity contribution in [2.45, 2.75) is 33.3 Å². The molecule has 1 heterocycles. The summed E-state index contributed by atoms with van der Waals surface area (Å²) in [4.78, 5) is 37.5. The van der Waals surface area contributed by atoms with Crippen molar-refractivity contribution >= 4 is 17.7 Å². The lowest BCUT2D eigenvalue weighted by Gasteiger charge is -2.19. The molecule has 9 nitrogen and oxygen atoms in total. The first-order valence-electron chi connectivity index (χ1n) is 6.97. The van der Waals surface area contributed by atoms with Gasteiger partial charge in [0.1, 0.15) is 11.3 Å². The largest absolute Gasteiger partial charge is 0.444 e. The fraction of sp³-hybridized carbons (Fsp3) is 0.500.